The number of hydrogen-bond donors (Lipinski definition) is 2. The monoisotopic (exact) mass is 700 g/mol. The predicted molar refractivity (Wildman–Crippen MR) is 150 cm³/mol. The van der Waals surface area contributed by atoms with Crippen LogP contribution in [-0.2, 0) is 23.8 Å². The minimum atomic E-state index is -5.14. The first kappa shape index (κ1) is 36.4. The lowest BCUT2D eigenvalue weighted by molar-refractivity contribution is -0.148. The summed E-state index contributed by atoms with van der Waals surface area (Å²) in [5.74, 6) is 0.591. The van der Waals surface area contributed by atoms with Crippen LogP contribution in [-0.4, -0.2) is 81.1 Å². The quantitative estimate of drug-likeness (QED) is 0.220. The minimum absolute atomic E-state index is 0.000401. The molecule has 4 heterocycles. The van der Waals surface area contributed by atoms with Gasteiger partial charge in [-0.1, -0.05) is 0 Å². The summed E-state index contributed by atoms with van der Waals surface area (Å²) in [5, 5.41) is 16.9. The number of aliphatic hydroxyl groups is 1. The molecule has 2 atom stereocenters. The molecule has 3 aromatic heterocycles. The van der Waals surface area contributed by atoms with Gasteiger partial charge in [-0.25, -0.2) is 19.6 Å². The number of pyridine rings is 1. The van der Waals surface area contributed by atoms with E-state index in [1.807, 2.05) is 0 Å². The molecule has 3 aromatic rings. The van der Waals surface area contributed by atoms with Crippen molar-refractivity contribution < 1.29 is 54.1 Å². The van der Waals surface area contributed by atoms with E-state index in [2.05, 4.69) is 30.1 Å². The van der Waals surface area contributed by atoms with E-state index in [1.54, 1.807) is 6.92 Å². The van der Waals surface area contributed by atoms with Crippen LogP contribution >= 0.6 is 0 Å². The summed E-state index contributed by atoms with van der Waals surface area (Å²) >= 11 is 0. The molecule has 48 heavy (non-hydrogen) atoms. The highest BCUT2D eigenvalue weighted by Crippen LogP contribution is 2.33. The minimum Gasteiger partial charge on any atom is -0.491 e. The molecule has 0 aliphatic carbocycles. The molecule has 264 valence electrons. The predicted octanol–water partition coefficient (Wildman–Crippen LogP) is 4.23. The zero-order valence-electron chi connectivity index (χ0n) is 25.2. The first-order chi connectivity index (χ1) is 22.3. The Kier molecular flexibility index (Phi) is 10.9. The van der Waals surface area contributed by atoms with Crippen molar-refractivity contribution in [1.82, 2.24) is 24.7 Å². The molecule has 0 radical (unpaired) electrons. The topological polar surface area (TPSA) is 131 Å². The molecule has 1 saturated heterocycles. The highest BCUT2D eigenvalue weighted by Gasteiger charge is 2.39. The Hall–Kier alpha value is -4.40. The Morgan fingerprint density at radius 2 is 1.71 bits per heavy atom. The smallest absolute Gasteiger partial charge is 0.423 e. The number of rotatable bonds is 11. The van der Waals surface area contributed by atoms with Crippen molar-refractivity contribution in [2.24, 2.45) is 0 Å². The summed E-state index contributed by atoms with van der Waals surface area (Å²) in [4.78, 5) is 27.4. The van der Waals surface area contributed by atoms with E-state index in [0.29, 0.717) is 30.0 Å². The third-order valence-corrected chi connectivity index (χ3v) is 6.96. The Labute approximate surface area is 266 Å². The SMILES string of the molecule is Cc1c(OC[C@H](C)Nc2cnn(COCCC(F)(F)F)c(=O)c2C(F)(F)F)ccnc1N1CCN(c2ncc(C(F)(F)F)cn2)C[C@@H]1O. The standard InChI is InChI=1S/C27H29F9N8O4/c1-15(41-18-11-40-44(14-47-8-4-25(28,29)30)23(46)21(18)27(34,35)36)13-48-19-3-5-37-22(16(19)2)43-7-6-42(12-20(43)45)24-38-9-17(10-39-24)26(31,32)33/h3,5,9-11,15,20,41,45H,4,6-8,12-14H2,1-2H3/t15-,20-/m0/s1. The number of aromatic nitrogens is 5. The maximum Gasteiger partial charge on any atom is 0.423 e. The number of halogens is 9. The second-order valence-corrected chi connectivity index (χ2v) is 10.6. The molecule has 1 aliphatic rings. The number of piperazine rings is 1. The molecule has 12 nitrogen and oxygen atoms in total. The molecule has 21 heteroatoms. The van der Waals surface area contributed by atoms with Crippen LogP contribution < -0.4 is 25.4 Å². The normalized spacial score (nSPS) is 16.6. The van der Waals surface area contributed by atoms with E-state index in [1.165, 1.54) is 29.0 Å². The summed E-state index contributed by atoms with van der Waals surface area (Å²) in [6.07, 6.45) is -13.4. The molecule has 1 aliphatic heterocycles. The van der Waals surface area contributed by atoms with Crippen molar-refractivity contribution in [1.29, 1.82) is 0 Å². The van der Waals surface area contributed by atoms with E-state index in [4.69, 9.17) is 4.74 Å². The van der Waals surface area contributed by atoms with Crippen LogP contribution in [0.3, 0.4) is 0 Å². The molecule has 0 unspecified atom stereocenters. The van der Waals surface area contributed by atoms with Gasteiger partial charge in [0, 0.05) is 37.2 Å². The molecule has 2 N–H and O–H groups in total. The third-order valence-electron chi connectivity index (χ3n) is 6.96. The first-order valence-electron chi connectivity index (χ1n) is 14.1. The molecular formula is C27H29F9N8O4. The molecule has 0 amide bonds. The van der Waals surface area contributed by atoms with Gasteiger partial charge in [0.05, 0.1) is 43.1 Å². The lowest BCUT2D eigenvalue weighted by atomic mass is 10.2. The summed E-state index contributed by atoms with van der Waals surface area (Å²) in [5.41, 5.74) is -4.47. The molecule has 0 saturated carbocycles. The summed E-state index contributed by atoms with van der Waals surface area (Å²) < 4.78 is 128. The van der Waals surface area contributed by atoms with E-state index in [-0.39, 0.29) is 42.6 Å². The molecule has 1 fully saturated rings. The highest BCUT2D eigenvalue weighted by molar-refractivity contribution is 5.55. The van der Waals surface area contributed by atoms with Crippen molar-refractivity contribution in [3.8, 4) is 5.75 Å². The van der Waals surface area contributed by atoms with Crippen LogP contribution in [0.2, 0.25) is 0 Å². The van der Waals surface area contributed by atoms with E-state index in [9.17, 15) is 49.4 Å². The van der Waals surface area contributed by atoms with Gasteiger partial charge in [0.15, 0.2) is 0 Å². The fourth-order valence-electron chi connectivity index (χ4n) is 4.60. The number of nitrogens with zero attached hydrogens (tertiary/aromatic N) is 7. The number of aliphatic hydroxyl groups excluding tert-OH is 1. The van der Waals surface area contributed by atoms with E-state index < -0.39 is 72.9 Å². The number of hydrogen-bond acceptors (Lipinski definition) is 11. The lowest BCUT2D eigenvalue weighted by Gasteiger charge is -2.40. The van der Waals surface area contributed by atoms with Gasteiger partial charge in [-0.15, -0.1) is 0 Å². The number of anilines is 3. The van der Waals surface area contributed by atoms with Crippen molar-refractivity contribution in [2.45, 2.75) is 57.8 Å². The van der Waals surface area contributed by atoms with E-state index in [0.717, 1.165) is 0 Å². The zero-order chi connectivity index (χ0) is 35.4. The van der Waals surface area contributed by atoms with Gasteiger partial charge in [0.2, 0.25) is 5.95 Å². The molecular weight excluding hydrogens is 671 g/mol. The van der Waals surface area contributed by atoms with E-state index >= 15 is 0 Å². The van der Waals surface area contributed by atoms with Gasteiger partial charge < -0.3 is 29.7 Å². The second-order valence-electron chi connectivity index (χ2n) is 10.6. The molecule has 4 rings (SSSR count). The van der Waals surface area contributed by atoms with Crippen LogP contribution in [0.1, 0.15) is 30.0 Å². The van der Waals surface area contributed by atoms with Gasteiger partial charge in [-0.3, -0.25) is 4.79 Å². The fourth-order valence-corrected chi connectivity index (χ4v) is 4.60. The summed E-state index contributed by atoms with van der Waals surface area (Å²) in [6, 6.07) is 0.660. The average molecular weight is 701 g/mol. The van der Waals surface area contributed by atoms with Gasteiger partial charge in [-0.2, -0.15) is 44.6 Å². The average Bonchev–Trinajstić information content (AvgIpc) is 2.98. The largest absolute Gasteiger partial charge is 0.491 e. The van der Waals surface area contributed by atoms with Crippen LogP contribution in [0, 0.1) is 6.92 Å². The molecule has 0 spiro atoms. The Balaban J connectivity index is 1.39. The Morgan fingerprint density at radius 3 is 2.31 bits per heavy atom. The zero-order valence-corrected chi connectivity index (χ0v) is 25.2. The maximum absolute atomic E-state index is 13.8. The number of β-amino-alcohol motifs (C(OH)–C–C–N with tert-alkyl or cyclic N) is 1. The van der Waals surface area contributed by atoms with Crippen molar-refractivity contribution >= 4 is 17.5 Å². The van der Waals surface area contributed by atoms with Gasteiger partial charge >= 0.3 is 18.5 Å². The second kappa shape index (κ2) is 14.4. The molecule has 0 aromatic carbocycles. The van der Waals surface area contributed by atoms with Crippen LogP contribution in [0.5, 0.6) is 5.75 Å². The first-order valence-corrected chi connectivity index (χ1v) is 14.1. The van der Waals surface area contributed by atoms with Gasteiger partial charge in [0.25, 0.3) is 5.56 Å². The Bertz CT molecular complexity index is 1600. The number of ether oxygens (including phenoxy) is 2. The Morgan fingerprint density at radius 1 is 1.02 bits per heavy atom. The third kappa shape index (κ3) is 9.14. The van der Waals surface area contributed by atoms with Crippen LogP contribution in [0.4, 0.5) is 57.0 Å². The van der Waals surface area contributed by atoms with Crippen molar-refractivity contribution in [3.05, 3.63) is 57.9 Å². The maximum atomic E-state index is 13.8. The van der Waals surface area contributed by atoms with Crippen molar-refractivity contribution in [3.63, 3.8) is 0 Å². The summed E-state index contributed by atoms with van der Waals surface area (Å²) in [6.45, 7) is 1.42. The summed E-state index contributed by atoms with van der Waals surface area (Å²) in [7, 11) is 0. The lowest BCUT2D eigenvalue weighted by Crippen LogP contribution is -2.54. The number of alkyl halides is 9. The van der Waals surface area contributed by atoms with Crippen LogP contribution in [0.15, 0.2) is 35.6 Å². The van der Waals surface area contributed by atoms with Gasteiger partial charge in [-0.05, 0) is 19.9 Å². The van der Waals surface area contributed by atoms with Crippen molar-refractivity contribution in [2.75, 3.05) is 48.0 Å². The fraction of sp³-hybridized carbons (Fsp3) is 0.519. The molecule has 0 bridgehead atoms. The highest BCUT2D eigenvalue weighted by atomic mass is 19.4. The number of nitrogens with one attached hydrogen (secondary N) is 1. The van der Waals surface area contributed by atoms with Crippen LogP contribution in [0.25, 0.3) is 0 Å². The van der Waals surface area contributed by atoms with Gasteiger partial charge in [0.1, 0.15) is 36.7 Å².